The summed E-state index contributed by atoms with van der Waals surface area (Å²) in [5, 5.41) is 8.40. The van der Waals surface area contributed by atoms with Crippen molar-refractivity contribution in [1.29, 1.82) is 0 Å². The number of amides is 3. The summed E-state index contributed by atoms with van der Waals surface area (Å²) in [4.78, 5) is 35.6. The minimum absolute atomic E-state index is 0.00883. The lowest BCUT2D eigenvalue weighted by molar-refractivity contribution is -0.123. The molecule has 0 atom stereocenters. The summed E-state index contributed by atoms with van der Waals surface area (Å²) in [6, 6.07) is 12.3. The molecule has 7 heteroatoms. The highest BCUT2D eigenvalue weighted by atomic mass is 16.5. The Morgan fingerprint density at radius 1 is 1.00 bits per heavy atom. The maximum atomic E-state index is 12.1. The first-order valence-corrected chi connectivity index (χ1v) is 9.48. The monoisotopic (exact) mass is 395 g/mol. The molecule has 3 N–H and O–H groups in total. The quantitative estimate of drug-likeness (QED) is 0.721. The molecule has 0 spiro atoms. The molecule has 1 heterocycles. The lowest BCUT2D eigenvalue weighted by Gasteiger charge is -2.18. The average molecular weight is 395 g/mol. The number of ether oxygens (including phenoxy) is 1. The van der Waals surface area contributed by atoms with Gasteiger partial charge in [-0.1, -0.05) is 20.8 Å². The molecule has 0 unspecified atom stereocenters. The molecule has 3 rings (SSSR count). The van der Waals surface area contributed by atoms with Crippen molar-refractivity contribution in [3.05, 3.63) is 48.0 Å². The Kier molecular flexibility index (Phi) is 5.87. The van der Waals surface area contributed by atoms with E-state index in [-0.39, 0.29) is 24.3 Å². The first kappa shape index (κ1) is 20.4. The molecule has 1 aliphatic rings. The molecule has 29 heavy (non-hydrogen) atoms. The number of carbonyl (C=O) groups is 3. The van der Waals surface area contributed by atoms with Crippen molar-refractivity contribution in [1.82, 2.24) is 0 Å². The molecule has 2 aromatic rings. The third-order valence-corrected chi connectivity index (χ3v) is 4.45. The van der Waals surface area contributed by atoms with Gasteiger partial charge in [-0.25, -0.2) is 0 Å². The van der Waals surface area contributed by atoms with Crippen molar-refractivity contribution in [2.24, 2.45) is 5.41 Å². The van der Waals surface area contributed by atoms with Crippen molar-refractivity contribution in [3.63, 3.8) is 0 Å². The lowest BCUT2D eigenvalue weighted by atomic mass is 9.95. The lowest BCUT2D eigenvalue weighted by Crippen LogP contribution is -2.27. The molecule has 0 radical (unpaired) electrons. The molecule has 0 fully saturated rings. The van der Waals surface area contributed by atoms with Gasteiger partial charge in [-0.15, -0.1) is 0 Å². The summed E-state index contributed by atoms with van der Waals surface area (Å²) in [5.41, 5.74) is 2.58. The van der Waals surface area contributed by atoms with E-state index in [2.05, 4.69) is 16.0 Å². The van der Waals surface area contributed by atoms with Gasteiger partial charge in [0.05, 0.1) is 0 Å². The predicted molar refractivity (Wildman–Crippen MR) is 112 cm³/mol. The van der Waals surface area contributed by atoms with Crippen LogP contribution in [0.3, 0.4) is 0 Å². The van der Waals surface area contributed by atoms with Gasteiger partial charge >= 0.3 is 0 Å². The summed E-state index contributed by atoms with van der Waals surface area (Å²) in [5.74, 6) is 0.222. The minimum Gasteiger partial charge on any atom is -0.484 e. The summed E-state index contributed by atoms with van der Waals surface area (Å²) >= 11 is 0. The van der Waals surface area contributed by atoms with Crippen LogP contribution in [0.1, 0.15) is 32.8 Å². The number of fused-ring (bicyclic) bond motifs is 1. The maximum absolute atomic E-state index is 12.1. The first-order valence-electron chi connectivity index (χ1n) is 9.48. The zero-order valence-electron chi connectivity index (χ0n) is 16.8. The normalized spacial score (nSPS) is 13.1. The highest BCUT2D eigenvalue weighted by molar-refractivity contribution is 5.96. The number of nitrogens with one attached hydrogen (secondary N) is 3. The van der Waals surface area contributed by atoms with Crippen molar-refractivity contribution in [2.45, 2.75) is 33.6 Å². The number of anilines is 3. The van der Waals surface area contributed by atoms with E-state index in [0.29, 0.717) is 30.0 Å². The van der Waals surface area contributed by atoms with E-state index < -0.39 is 5.41 Å². The van der Waals surface area contributed by atoms with Crippen LogP contribution >= 0.6 is 0 Å². The predicted octanol–water partition coefficient (Wildman–Crippen LogP) is 3.57. The number of hydrogen-bond donors (Lipinski definition) is 3. The Morgan fingerprint density at radius 3 is 2.31 bits per heavy atom. The molecule has 0 aromatic heterocycles. The third kappa shape index (κ3) is 5.57. The molecule has 3 amide bonds. The highest BCUT2D eigenvalue weighted by Gasteiger charge is 2.21. The largest absolute Gasteiger partial charge is 0.484 e. The van der Waals surface area contributed by atoms with Gasteiger partial charge in [0.25, 0.3) is 5.91 Å². The van der Waals surface area contributed by atoms with Crippen molar-refractivity contribution < 1.29 is 19.1 Å². The summed E-state index contributed by atoms with van der Waals surface area (Å²) in [6.07, 6.45) is 1.10. The van der Waals surface area contributed by atoms with E-state index in [4.69, 9.17) is 4.74 Å². The fraction of sp³-hybridized carbons (Fsp3) is 0.318. The van der Waals surface area contributed by atoms with Crippen LogP contribution in [0.15, 0.2) is 42.5 Å². The molecular weight excluding hydrogens is 370 g/mol. The van der Waals surface area contributed by atoms with Crippen molar-refractivity contribution in [3.8, 4) is 5.75 Å². The Labute approximate surface area is 169 Å². The first-order chi connectivity index (χ1) is 13.7. The van der Waals surface area contributed by atoms with E-state index in [9.17, 15) is 14.4 Å². The second-order valence-electron chi connectivity index (χ2n) is 7.99. The van der Waals surface area contributed by atoms with Crippen LogP contribution in [0, 0.1) is 5.41 Å². The molecule has 0 bridgehead atoms. The van der Waals surface area contributed by atoms with Crippen LogP contribution in [-0.4, -0.2) is 24.3 Å². The smallest absolute Gasteiger partial charge is 0.262 e. The minimum atomic E-state index is -0.480. The number of rotatable bonds is 5. The van der Waals surface area contributed by atoms with E-state index in [1.54, 1.807) is 36.4 Å². The van der Waals surface area contributed by atoms with E-state index >= 15 is 0 Å². The van der Waals surface area contributed by atoms with Gasteiger partial charge in [0.15, 0.2) is 6.61 Å². The van der Waals surface area contributed by atoms with Crippen molar-refractivity contribution >= 4 is 34.8 Å². The van der Waals surface area contributed by atoms with Gasteiger partial charge in [0.2, 0.25) is 11.8 Å². The van der Waals surface area contributed by atoms with E-state index in [1.165, 1.54) is 0 Å². The molecule has 7 nitrogen and oxygen atoms in total. The Hall–Kier alpha value is -3.35. The fourth-order valence-electron chi connectivity index (χ4n) is 2.75. The van der Waals surface area contributed by atoms with Gasteiger partial charge in [-0.2, -0.15) is 0 Å². The zero-order valence-corrected chi connectivity index (χ0v) is 16.8. The van der Waals surface area contributed by atoms with Crippen LogP contribution in [0.25, 0.3) is 0 Å². The fourth-order valence-corrected chi connectivity index (χ4v) is 2.75. The Balaban J connectivity index is 1.51. The van der Waals surface area contributed by atoms with Crippen LogP contribution in [0.5, 0.6) is 5.75 Å². The van der Waals surface area contributed by atoms with Gasteiger partial charge in [-0.3, -0.25) is 14.4 Å². The van der Waals surface area contributed by atoms with Crippen molar-refractivity contribution in [2.75, 3.05) is 22.6 Å². The molecule has 152 valence electrons. The Bertz CT molecular complexity index is 930. The summed E-state index contributed by atoms with van der Waals surface area (Å²) in [7, 11) is 0. The number of aryl methyl sites for hydroxylation is 1. The van der Waals surface area contributed by atoms with Crippen LogP contribution in [-0.2, 0) is 20.8 Å². The molecule has 0 saturated carbocycles. The zero-order chi connectivity index (χ0) is 21.0. The molecule has 2 aromatic carbocycles. The summed E-state index contributed by atoms with van der Waals surface area (Å²) < 4.78 is 5.56. The van der Waals surface area contributed by atoms with Gasteiger partial charge in [0.1, 0.15) is 5.75 Å². The van der Waals surface area contributed by atoms with Gasteiger partial charge in [-0.05, 0) is 54.4 Å². The van der Waals surface area contributed by atoms with Gasteiger partial charge in [0, 0.05) is 28.9 Å². The Morgan fingerprint density at radius 2 is 1.66 bits per heavy atom. The topological polar surface area (TPSA) is 96.5 Å². The molecule has 0 saturated heterocycles. The number of carbonyl (C=O) groups excluding carboxylic acids is 3. The number of hydrogen-bond acceptors (Lipinski definition) is 4. The third-order valence-electron chi connectivity index (χ3n) is 4.45. The molecule has 0 aliphatic carbocycles. The van der Waals surface area contributed by atoms with E-state index in [0.717, 1.165) is 11.3 Å². The maximum Gasteiger partial charge on any atom is 0.262 e. The molecule has 1 aliphatic heterocycles. The second kappa shape index (κ2) is 8.34. The van der Waals surface area contributed by atoms with Crippen LogP contribution in [0.2, 0.25) is 0 Å². The average Bonchev–Trinajstić information content (AvgIpc) is 2.67. The second-order valence-corrected chi connectivity index (χ2v) is 7.99. The van der Waals surface area contributed by atoms with Gasteiger partial charge < -0.3 is 20.7 Å². The van der Waals surface area contributed by atoms with Crippen LogP contribution in [0.4, 0.5) is 17.1 Å². The SMILES string of the molecule is CC(C)(C)C(=O)Nc1ccc(NC(=O)COc2ccc3c(c2)CCC(=O)N3)cc1. The van der Waals surface area contributed by atoms with E-state index in [1.807, 2.05) is 26.8 Å². The standard InChI is InChI=1S/C22H25N3O4/c1-22(2,3)21(28)24-16-7-5-15(6-8-16)23-20(27)13-29-17-9-10-18-14(12-17)4-11-19(26)25-18/h5-10,12H,4,11,13H2,1-3H3,(H,23,27)(H,24,28)(H,25,26). The highest BCUT2D eigenvalue weighted by Crippen LogP contribution is 2.26. The number of benzene rings is 2. The molecular formula is C22H25N3O4. The van der Waals surface area contributed by atoms with Crippen LogP contribution < -0.4 is 20.7 Å². The summed E-state index contributed by atoms with van der Waals surface area (Å²) in [6.45, 7) is 5.40.